The van der Waals surface area contributed by atoms with E-state index in [2.05, 4.69) is 27.4 Å². The second kappa shape index (κ2) is 5.41. The average Bonchev–Trinajstić information content (AvgIpc) is 2.73. The third-order valence-corrected chi connectivity index (χ3v) is 3.95. The molecule has 0 N–H and O–H groups in total. The van der Waals surface area contributed by atoms with Crippen molar-refractivity contribution in [3.05, 3.63) is 58.8 Å². The highest BCUT2D eigenvalue weighted by atomic mass is 79.9. The van der Waals surface area contributed by atoms with E-state index in [1.807, 2.05) is 48.5 Å². The van der Waals surface area contributed by atoms with Crippen LogP contribution >= 0.6 is 15.9 Å². The van der Waals surface area contributed by atoms with Gasteiger partial charge in [-0.15, -0.1) is 0 Å². The molecule has 0 unspecified atom stereocenters. The fraction of sp³-hybridized carbons (Fsp3) is 0.176. The predicted octanol–water partition coefficient (Wildman–Crippen LogP) is 5.62. The Morgan fingerprint density at radius 3 is 2.55 bits per heavy atom. The third-order valence-electron chi connectivity index (χ3n) is 3.46. The van der Waals surface area contributed by atoms with Gasteiger partial charge in [0.25, 0.3) is 0 Å². The van der Waals surface area contributed by atoms with Gasteiger partial charge in [0, 0.05) is 22.0 Å². The number of nitrogens with zero attached hydrogens (tertiary/aromatic N) is 1. The first kappa shape index (κ1) is 13.4. The zero-order chi connectivity index (χ0) is 14.1. The molecule has 0 saturated heterocycles. The van der Waals surface area contributed by atoms with Crippen molar-refractivity contribution in [1.82, 2.24) is 4.57 Å². The van der Waals surface area contributed by atoms with E-state index in [9.17, 15) is 4.39 Å². The summed E-state index contributed by atoms with van der Waals surface area (Å²) >= 11 is 3.42. The van der Waals surface area contributed by atoms with Crippen molar-refractivity contribution in [3.8, 4) is 11.3 Å². The standard InChI is InChI=1S/C17H15BrFN/c1-2-10-20-15-9-8-13(18)11-14(15)16(19)17(20)12-6-4-3-5-7-12/h3-9,11H,2,10H2,1H3. The smallest absolute Gasteiger partial charge is 0.156 e. The van der Waals surface area contributed by atoms with Gasteiger partial charge in [0.05, 0.1) is 11.2 Å². The molecule has 0 atom stereocenters. The van der Waals surface area contributed by atoms with E-state index in [1.54, 1.807) is 0 Å². The van der Waals surface area contributed by atoms with Crippen molar-refractivity contribution in [1.29, 1.82) is 0 Å². The summed E-state index contributed by atoms with van der Waals surface area (Å²) in [5.74, 6) is -0.138. The van der Waals surface area contributed by atoms with E-state index in [1.165, 1.54) is 0 Å². The number of aryl methyl sites for hydroxylation is 1. The normalized spacial score (nSPS) is 11.2. The zero-order valence-electron chi connectivity index (χ0n) is 11.2. The molecule has 2 aromatic carbocycles. The molecule has 0 radical (unpaired) electrons. The van der Waals surface area contributed by atoms with Crippen LogP contribution in [0.4, 0.5) is 4.39 Å². The largest absolute Gasteiger partial charge is 0.338 e. The van der Waals surface area contributed by atoms with Gasteiger partial charge in [-0.25, -0.2) is 4.39 Å². The van der Waals surface area contributed by atoms with Gasteiger partial charge < -0.3 is 4.57 Å². The second-order valence-electron chi connectivity index (χ2n) is 4.84. The van der Waals surface area contributed by atoms with E-state index in [4.69, 9.17) is 0 Å². The summed E-state index contributed by atoms with van der Waals surface area (Å²) < 4.78 is 17.8. The maximum atomic E-state index is 14.8. The van der Waals surface area contributed by atoms with E-state index in [-0.39, 0.29) is 5.82 Å². The lowest BCUT2D eigenvalue weighted by Gasteiger charge is -2.09. The summed E-state index contributed by atoms with van der Waals surface area (Å²) in [4.78, 5) is 0. The van der Waals surface area contributed by atoms with E-state index in [0.29, 0.717) is 11.1 Å². The minimum absolute atomic E-state index is 0.138. The van der Waals surface area contributed by atoms with Gasteiger partial charge >= 0.3 is 0 Å². The van der Waals surface area contributed by atoms with Crippen molar-refractivity contribution in [2.45, 2.75) is 19.9 Å². The van der Waals surface area contributed by atoms with Crippen LogP contribution in [0.3, 0.4) is 0 Å². The lowest BCUT2D eigenvalue weighted by Crippen LogP contribution is -1.99. The maximum Gasteiger partial charge on any atom is 0.156 e. The molecule has 0 amide bonds. The number of benzene rings is 2. The molecule has 3 aromatic rings. The molecule has 0 aliphatic rings. The Morgan fingerprint density at radius 1 is 1.10 bits per heavy atom. The summed E-state index contributed by atoms with van der Waals surface area (Å²) in [7, 11) is 0. The quantitative estimate of drug-likeness (QED) is 0.587. The Labute approximate surface area is 126 Å². The molecule has 0 bridgehead atoms. The molecular weight excluding hydrogens is 317 g/mol. The number of hydrogen-bond acceptors (Lipinski definition) is 0. The van der Waals surface area contributed by atoms with Crippen LogP contribution in [-0.2, 0) is 6.54 Å². The molecule has 20 heavy (non-hydrogen) atoms. The molecule has 0 saturated carbocycles. The fourth-order valence-electron chi connectivity index (χ4n) is 2.62. The fourth-order valence-corrected chi connectivity index (χ4v) is 2.98. The van der Waals surface area contributed by atoms with Gasteiger partial charge in [0.2, 0.25) is 0 Å². The lowest BCUT2D eigenvalue weighted by molar-refractivity contribution is 0.625. The van der Waals surface area contributed by atoms with Crippen LogP contribution in [0.1, 0.15) is 13.3 Å². The lowest BCUT2D eigenvalue weighted by atomic mass is 10.1. The van der Waals surface area contributed by atoms with Crippen molar-refractivity contribution in [2.24, 2.45) is 0 Å². The molecule has 0 aliphatic carbocycles. The Hall–Kier alpha value is -1.61. The average molecular weight is 332 g/mol. The first-order valence-electron chi connectivity index (χ1n) is 6.75. The molecule has 0 aliphatic heterocycles. The van der Waals surface area contributed by atoms with Crippen LogP contribution in [0, 0.1) is 5.82 Å². The Bertz CT molecular complexity index is 747. The first-order chi connectivity index (χ1) is 9.72. The summed E-state index contributed by atoms with van der Waals surface area (Å²) in [6.07, 6.45) is 0.971. The topological polar surface area (TPSA) is 4.93 Å². The highest BCUT2D eigenvalue weighted by Gasteiger charge is 2.18. The Balaban J connectivity index is 2.35. The zero-order valence-corrected chi connectivity index (χ0v) is 12.8. The SMILES string of the molecule is CCCn1c(-c2ccccc2)c(F)c2cc(Br)ccc21. The number of halogens is 2. The summed E-state index contributed by atoms with van der Waals surface area (Å²) in [5.41, 5.74) is 2.55. The highest BCUT2D eigenvalue weighted by molar-refractivity contribution is 9.10. The molecule has 102 valence electrons. The molecule has 3 rings (SSSR count). The summed E-state index contributed by atoms with van der Waals surface area (Å²) in [6, 6.07) is 15.5. The van der Waals surface area contributed by atoms with Gasteiger partial charge in [-0.05, 0) is 24.6 Å². The molecular formula is C17H15BrFN. The van der Waals surface area contributed by atoms with Crippen molar-refractivity contribution < 1.29 is 4.39 Å². The van der Waals surface area contributed by atoms with Crippen LogP contribution in [0.5, 0.6) is 0 Å². The van der Waals surface area contributed by atoms with Crippen LogP contribution in [0.25, 0.3) is 22.2 Å². The molecule has 1 aromatic heterocycles. The third kappa shape index (κ3) is 2.16. The summed E-state index contributed by atoms with van der Waals surface area (Å²) in [5, 5.41) is 0.673. The second-order valence-corrected chi connectivity index (χ2v) is 5.76. The van der Waals surface area contributed by atoms with E-state index in [0.717, 1.165) is 28.5 Å². The number of hydrogen-bond donors (Lipinski definition) is 0. The van der Waals surface area contributed by atoms with Crippen LogP contribution in [0.2, 0.25) is 0 Å². The molecule has 0 fully saturated rings. The highest BCUT2D eigenvalue weighted by Crippen LogP contribution is 2.34. The summed E-state index contributed by atoms with van der Waals surface area (Å²) in [6.45, 7) is 2.92. The maximum absolute atomic E-state index is 14.8. The van der Waals surface area contributed by atoms with Crippen molar-refractivity contribution in [2.75, 3.05) is 0 Å². The van der Waals surface area contributed by atoms with E-state index < -0.39 is 0 Å². The van der Waals surface area contributed by atoms with Crippen LogP contribution in [-0.4, -0.2) is 4.57 Å². The van der Waals surface area contributed by atoms with Crippen molar-refractivity contribution in [3.63, 3.8) is 0 Å². The Kier molecular flexibility index (Phi) is 3.62. The monoisotopic (exact) mass is 331 g/mol. The predicted molar refractivity (Wildman–Crippen MR) is 85.3 cm³/mol. The van der Waals surface area contributed by atoms with E-state index >= 15 is 0 Å². The van der Waals surface area contributed by atoms with Gasteiger partial charge in [0.15, 0.2) is 5.82 Å². The number of aromatic nitrogens is 1. The van der Waals surface area contributed by atoms with Crippen LogP contribution in [0.15, 0.2) is 53.0 Å². The minimum Gasteiger partial charge on any atom is -0.338 e. The van der Waals surface area contributed by atoms with Gasteiger partial charge in [-0.3, -0.25) is 0 Å². The number of fused-ring (bicyclic) bond motifs is 1. The van der Waals surface area contributed by atoms with Crippen LogP contribution < -0.4 is 0 Å². The first-order valence-corrected chi connectivity index (χ1v) is 7.54. The molecule has 3 heteroatoms. The Morgan fingerprint density at radius 2 is 1.85 bits per heavy atom. The van der Waals surface area contributed by atoms with Gasteiger partial charge in [-0.2, -0.15) is 0 Å². The minimum atomic E-state index is -0.138. The molecule has 1 heterocycles. The van der Waals surface area contributed by atoms with Gasteiger partial charge in [0.1, 0.15) is 0 Å². The van der Waals surface area contributed by atoms with Gasteiger partial charge in [-0.1, -0.05) is 53.2 Å². The molecule has 0 spiro atoms. The van der Waals surface area contributed by atoms with Crippen molar-refractivity contribution >= 4 is 26.8 Å². The number of rotatable bonds is 3. The molecule has 1 nitrogen and oxygen atoms in total.